The molecule has 1 aliphatic carbocycles. The summed E-state index contributed by atoms with van der Waals surface area (Å²) in [6.07, 6.45) is 1.60. The number of nitrogen functional groups attached to an aromatic ring is 1. The minimum Gasteiger partial charge on any atom is -0.399 e. The lowest BCUT2D eigenvalue weighted by Crippen LogP contribution is -2.23. The second kappa shape index (κ2) is 4.08. The van der Waals surface area contributed by atoms with Gasteiger partial charge < -0.3 is 10.8 Å². The number of hydrogen-bond acceptors (Lipinski definition) is 3. The van der Waals surface area contributed by atoms with Gasteiger partial charge in [0.2, 0.25) is 0 Å². The minimum absolute atomic E-state index is 0.725. The Bertz CT molecular complexity index is 808. The van der Waals surface area contributed by atoms with Crippen LogP contribution in [0.15, 0.2) is 47.8 Å². The van der Waals surface area contributed by atoms with Gasteiger partial charge in [0, 0.05) is 16.0 Å². The zero-order chi connectivity index (χ0) is 13.7. The summed E-state index contributed by atoms with van der Waals surface area (Å²) in [5, 5.41) is 14.6. The summed E-state index contributed by atoms with van der Waals surface area (Å²) in [7, 11) is 0. The van der Waals surface area contributed by atoms with Crippen molar-refractivity contribution in [3.8, 4) is 0 Å². The minimum atomic E-state index is -0.882. The summed E-state index contributed by atoms with van der Waals surface area (Å²) in [6.45, 7) is 0. The highest BCUT2D eigenvalue weighted by molar-refractivity contribution is 7.17. The third kappa shape index (κ3) is 1.54. The zero-order valence-electron chi connectivity index (χ0n) is 11.0. The molecule has 1 aromatic heterocycles. The van der Waals surface area contributed by atoms with Crippen LogP contribution in [0.1, 0.15) is 23.1 Å². The Morgan fingerprint density at radius 2 is 2.00 bits per heavy atom. The Hall–Kier alpha value is -1.84. The van der Waals surface area contributed by atoms with E-state index in [9.17, 15) is 5.11 Å². The smallest absolute Gasteiger partial charge is 0.117 e. The van der Waals surface area contributed by atoms with Crippen molar-refractivity contribution in [2.75, 3.05) is 5.73 Å². The Morgan fingerprint density at radius 1 is 1.10 bits per heavy atom. The van der Waals surface area contributed by atoms with E-state index >= 15 is 0 Å². The first-order valence-electron chi connectivity index (χ1n) is 6.76. The molecule has 0 radical (unpaired) electrons. The molecule has 2 nitrogen and oxygen atoms in total. The van der Waals surface area contributed by atoms with Crippen molar-refractivity contribution >= 4 is 27.1 Å². The van der Waals surface area contributed by atoms with Crippen LogP contribution >= 0.6 is 11.3 Å². The van der Waals surface area contributed by atoms with Crippen molar-refractivity contribution < 1.29 is 5.11 Å². The van der Waals surface area contributed by atoms with Crippen molar-refractivity contribution in [2.24, 2.45) is 0 Å². The van der Waals surface area contributed by atoms with Crippen LogP contribution in [0.25, 0.3) is 10.1 Å². The molecule has 1 atom stereocenters. The summed E-state index contributed by atoms with van der Waals surface area (Å²) in [6, 6.07) is 14.1. The van der Waals surface area contributed by atoms with Crippen LogP contribution in [0.3, 0.4) is 0 Å². The molecule has 0 fully saturated rings. The van der Waals surface area contributed by atoms with E-state index in [1.165, 1.54) is 15.6 Å². The average Bonchev–Trinajstić information content (AvgIpc) is 3.04. The van der Waals surface area contributed by atoms with Crippen molar-refractivity contribution in [3.05, 3.63) is 64.5 Å². The molecular formula is C17H15NOS. The van der Waals surface area contributed by atoms with Crippen molar-refractivity contribution in [2.45, 2.75) is 18.4 Å². The van der Waals surface area contributed by atoms with E-state index in [-0.39, 0.29) is 0 Å². The number of nitrogens with two attached hydrogens (primary N) is 1. The first kappa shape index (κ1) is 11.9. The highest BCUT2D eigenvalue weighted by Crippen LogP contribution is 2.45. The van der Waals surface area contributed by atoms with Crippen LogP contribution in [0.5, 0.6) is 0 Å². The molecule has 0 bridgehead atoms. The number of fused-ring (bicyclic) bond motifs is 2. The van der Waals surface area contributed by atoms with E-state index in [1.807, 2.05) is 30.3 Å². The molecule has 1 aliphatic rings. The maximum atomic E-state index is 11.3. The van der Waals surface area contributed by atoms with Crippen LogP contribution in [-0.2, 0) is 12.0 Å². The lowest BCUT2D eigenvalue weighted by atomic mass is 9.87. The maximum Gasteiger partial charge on any atom is 0.117 e. The van der Waals surface area contributed by atoms with E-state index in [0.717, 1.165) is 29.7 Å². The van der Waals surface area contributed by atoms with Gasteiger partial charge in [-0.25, -0.2) is 0 Å². The quantitative estimate of drug-likeness (QED) is 0.669. The van der Waals surface area contributed by atoms with Gasteiger partial charge in [-0.3, -0.25) is 0 Å². The van der Waals surface area contributed by atoms with Gasteiger partial charge in [0.15, 0.2) is 0 Å². The second-order valence-electron chi connectivity index (χ2n) is 5.42. The second-order valence-corrected chi connectivity index (χ2v) is 6.34. The van der Waals surface area contributed by atoms with Gasteiger partial charge in [0.1, 0.15) is 5.60 Å². The summed E-state index contributed by atoms with van der Waals surface area (Å²) >= 11 is 1.69. The number of anilines is 1. The molecule has 0 saturated heterocycles. The molecule has 0 saturated carbocycles. The van der Waals surface area contributed by atoms with E-state index in [4.69, 9.17) is 5.73 Å². The van der Waals surface area contributed by atoms with Gasteiger partial charge in [-0.05, 0) is 52.9 Å². The largest absolute Gasteiger partial charge is 0.399 e. The van der Waals surface area contributed by atoms with Crippen LogP contribution in [0, 0.1) is 0 Å². The van der Waals surface area contributed by atoms with Gasteiger partial charge in [0.25, 0.3) is 0 Å². The third-order valence-electron chi connectivity index (χ3n) is 4.26. The van der Waals surface area contributed by atoms with E-state index in [0.29, 0.717) is 0 Å². The molecule has 4 rings (SSSR count). The monoisotopic (exact) mass is 281 g/mol. The van der Waals surface area contributed by atoms with Crippen molar-refractivity contribution in [1.29, 1.82) is 0 Å². The van der Waals surface area contributed by atoms with Gasteiger partial charge in [-0.2, -0.15) is 0 Å². The van der Waals surface area contributed by atoms with Crippen molar-refractivity contribution in [3.63, 3.8) is 0 Å². The number of aryl methyl sites for hydroxylation is 1. The highest BCUT2D eigenvalue weighted by atomic mass is 32.1. The fourth-order valence-electron chi connectivity index (χ4n) is 3.27. The lowest BCUT2D eigenvalue weighted by molar-refractivity contribution is 0.0847. The number of thiophene rings is 1. The highest BCUT2D eigenvalue weighted by Gasteiger charge is 2.39. The first-order chi connectivity index (χ1) is 9.68. The predicted molar refractivity (Wildman–Crippen MR) is 84.0 cm³/mol. The molecule has 3 aromatic rings. The summed E-state index contributed by atoms with van der Waals surface area (Å²) < 4.78 is 1.18. The third-order valence-corrected chi connectivity index (χ3v) is 5.22. The maximum absolute atomic E-state index is 11.3. The molecule has 1 unspecified atom stereocenters. The lowest BCUT2D eigenvalue weighted by Gasteiger charge is -2.25. The van der Waals surface area contributed by atoms with E-state index < -0.39 is 5.60 Å². The fourth-order valence-corrected chi connectivity index (χ4v) is 4.26. The molecule has 100 valence electrons. The molecule has 0 spiro atoms. The normalized spacial score (nSPS) is 21.2. The number of aliphatic hydroxyl groups is 1. The molecule has 20 heavy (non-hydrogen) atoms. The average molecular weight is 281 g/mol. The van der Waals surface area contributed by atoms with Crippen LogP contribution in [0.2, 0.25) is 0 Å². The predicted octanol–water partition coefficient (Wildman–Crippen LogP) is 3.67. The van der Waals surface area contributed by atoms with Gasteiger partial charge in [0.05, 0.1) is 0 Å². The van der Waals surface area contributed by atoms with E-state index in [2.05, 4.69) is 17.5 Å². The zero-order valence-corrected chi connectivity index (χ0v) is 11.8. The molecule has 3 heteroatoms. The summed E-state index contributed by atoms with van der Waals surface area (Å²) in [5.41, 5.74) is 8.93. The summed E-state index contributed by atoms with van der Waals surface area (Å²) in [5.74, 6) is 0. The molecule has 2 aromatic carbocycles. The molecule has 3 N–H and O–H groups in total. The van der Waals surface area contributed by atoms with E-state index in [1.54, 1.807) is 11.3 Å². The molecule has 0 aliphatic heterocycles. The van der Waals surface area contributed by atoms with Gasteiger partial charge in [-0.1, -0.05) is 24.3 Å². The molecule has 0 amide bonds. The molecular weight excluding hydrogens is 266 g/mol. The Kier molecular flexibility index (Phi) is 2.43. The SMILES string of the molecule is Nc1ccc2c(c1)CCC2(O)c1cccc2ccsc12. The Balaban J connectivity index is 1.97. The Morgan fingerprint density at radius 3 is 2.90 bits per heavy atom. The molecule has 1 heterocycles. The van der Waals surface area contributed by atoms with Crippen LogP contribution in [0.4, 0.5) is 5.69 Å². The van der Waals surface area contributed by atoms with Crippen LogP contribution < -0.4 is 5.73 Å². The fraction of sp³-hybridized carbons (Fsp3) is 0.176. The van der Waals surface area contributed by atoms with Crippen LogP contribution in [-0.4, -0.2) is 5.11 Å². The standard InChI is InChI=1S/C17H15NOS/c18-13-4-5-14-12(10-13)6-8-17(14,19)15-3-1-2-11-7-9-20-16(11)15/h1-5,7,9-10,19H,6,8,18H2. The topological polar surface area (TPSA) is 46.2 Å². The number of benzene rings is 2. The van der Waals surface area contributed by atoms with Gasteiger partial charge in [-0.15, -0.1) is 11.3 Å². The van der Waals surface area contributed by atoms with Crippen molar-refractivity contribution in [1.82, 2.24) is 0 Å². The summed E-state index contributed by atoms with van der Waals surface area (Å²) in [4.78, 5) is 0. The Labute approximate surface area is 121 Å². The number of hydrogen-bond donors (Lipinski definition) is 2. The first-order valence-corrected chi connectivity index (χ1v) is 7.64. The number of rotatable bonds is 1. The van der Waals surface area contributed by atoms with Gasteiger partial charge >= 0.3 is 0 Å².